The van der Waals surface area contributed by atoms with Crippen molar-refractivity contribution in [3.63, 3.8) is 0 Å². The Labute approximate surface area is 183 Å². The monoisotopic (exact) mass is 447 g/mol. The molecule has 6 rings (SSSR count). The topological polar surface area (TPSA) is 4.93 Å². The Kier molecular flexibility index (Phi) is 4.00. The first-order valence-electron chi connectivity index (χ1n) is 10.1. The zero-order valence-electron chi connectivity index (χ0n) is 16.2. The summed E-state index contributed by atoms with van der Waals surface area (Å²) >= 11 is 3.70. The molecule has 0 saturated carbocycles. The number of hydrogen-bond acceptors (Lipinski definition) is 0. The molecule has 1 aromatic heterocycles. The van der Waals surface area contributed by atoms with E-state index in [4.69, 9.17) is 0 Å². The number of hydrogen-bond donors (Lipinski definition) is 0. The van der Waals surface area contributed by atoms with Crippen molar-refractivity contribution >= 4 is 48.5 Å². The average molecular weight is 448 g/mol. The van der Waals surface area contributed by atoms with Crippen molar-refractivity contribution < 1.29 is 0 Å². The van der Waals surface area contributed by atoms with Crippen molar-refractivity contribution in [2.75, 3.05) is 0 Å². The number of nitrogens with zero attached hydrogens (tertiary/aromatic N) is 1. The number of aromatic nitrogens is 1. The van der Waals surface area contributed by atoms with Gasteiger partial charge in [0.1, 0.15) is 0 Å². The third-order valence-electron chi connectivity index (χ3n) is 5.87. The molecule has 0 fully saturated rings. The van der Waals surface area contributed by atoms with Crippen LogP contribution in [0.2, 0.25) is 0 Å². The Morgan fingerprint density at radius 1 is 0.500 bits per heavy atom. The van der Waals surface area contributed by atoms with E-state index in [1.165, 1.54) is 49.4 Å². The van der Waals surface area contributed by atoms with Gasteiger partial charge in [0.2, 0.25) is 0 Å². The van der Waals surface area contributed by atoms with Gasteiger partial charge < -0.3 is 4.57 Å². The summed E-state index contributed by atoms with van der Waals surface area (Å²) in [5, 5.41) is 5.05. The Hall–Kier alpha value is -3.36. The summed E-state index contributed by atoms with van der Waals surface area (Å²) in [5.74, 6) is 0. The van der Waals surface area contributed by atoms with Gasteiger partial charge in [-0.25, -0.2) is 0 Å². The number of rotatable bonds is 2. The van der Waals surface area contributed by atoms with Crippen LogP contribution in [0.4, 0.5) is 0 Å². The molecule has 0 unspecified atom stereocenters. The van der Waals surface area contributed by atoms with Crippen molar-refractivity contribution in [3.05, 3.63) is 114 Å². The number of fused-ring (bicyclic) bond motifs is 4. The number of halogens is 1. The average Bonchev–Trinajstić information content (AvgIpc) is 3.14. The van der Waals surface area contributed by atoms with Crippen LogP contribution in [0.1, 0.15) is 0 Å². The van der Waals surface area contributed by atoms with E-state index in [1.54, 1.807) is 0 Å². The SMILES string of the molecule is Brc1ccc(-c2ccc3c(c2)c2ccccc2n3-c2ccccc2)c2ccccc12. The highest BCUT2D eigenvalue weighted by Gasteiger charge is 2.14. The molecule has 0 amide bonds. The van der Waals surface area contributed by atoms with Crippen LogP contribution in [-0.2, 0) is 0 Å². The zero-order chi connectivity index (χ0) is 20.1. The molecule has 0 radical (unpaired) electrons. The summed E-state index contributed by atoms with van der Waals surface area (Å²) < 4.78 is 3.48. The van der Waals surface area contributed by atoms with Gasteiger partial charge in [0.15, 0.2) is 0 Å². The quantitative estimate of drug-likeness (QED) is 0.251. The lowest BCUT2D eigenvalue weighted by Gasteiger charge is -2.10. The van der Waals surface area contributed by atoms with E-state index in [-0.39, 0.29) is 0 Å². The summed E-state index contributed by atoms with van der Waals surface area (Å²) in [6.45, 7) is 0. The summed E-state index contributed by atoms with van der Waals surface area (Å²) in [5.41, 5.74) is 6.14. The van der Waals surface area contributed by atoms with Crippen LogP contribution in [0.5, 0.6) is 0 Å². The lowest BCUT2D eigenvalue weighted by atomic mass is 9.97. The van der Waals surface area contributed by atoms with E-state index in [9.17, 15) is 0 Å². The minimum Gasteiger partial charge on any atom is -0.309 e. The summed E-state index contributed by atoms with van der Waals surface area (Å²) in [4.78, 5) is 0. The molecule has 0 aliphatic carbocycles. The third kappa shape index (κ3) is 2.61. The van der Waals surface area contributed by atoms with Crippen LogP contribution in [0.15, 0.2) is 114 Å². The predicted octanol–water partition coefficient (Wildman–Crippen LogP) is 8.37. The van der Waals surface area contributed by atoms with Gasteiger partial charge in [-0.1, -0.05) is 88.7 Å². The minimum absolute atomic E-state index is 1.13. The van der Waals surface area contributed by atoms with E-state index < -0.39 is 0 Å². The smallest absolute Gasteiger partial charge is 0.0541 e. The number of para-hydroxylation sites is 2. The maximum Gasteiger partial charge on any atom is 0.0541 e. The lowest BCUT2D eigenvalue weighted by Crippen LogP contribution is -1.92. The number of benzene rings is 5. The fraction of sp³-hybridized carbons (Fsp3) is 0. The molecule has 0 aliphatic heterocycles. The molecule has 1 nitrogen and oxygen atoms in total. The van der Waals surface area contributed by atoms with Crippen LogP contribution in [0, 0.1) is 0 Å². The molecule has 0 saturated heterocycles. The maximum absolute atomic E-state index is 3.70. The largest absolute Gasteiger partial charge is 0.309 e. The highest BCUT2D eigenvalue weighted by Crippen LogP contribution is 2.38. The van der Waals surface area contributed by atoms with E-state index in [1.807, 2.05) is 0 Å². The molecule has 0 aliphatic rings. The highest BCUT2D eigenvalue weighted by atomic mass is 79.9. The second kappa shape index (κ2) is 6.86. The second-order valence-corrected chi connectivity index (χ2v) is 8.41. The van der Waals surface area contributed by atoms with Crippen molar-refractivity contribution in [1.29, 1.82) is 0 Å². The van der Waals surface area contributed by atoms with E-state index in [2.05, 4.69) is 130 Å². The summed E-state index contributed by atoms with van der Waals surface area (Å²) in [6.07, 6.45) is 0. The highest BCUT2D eigenvalue weighted by molar-refractivity contribution is 9.10. The van der Waals surface area contributed by atoms with E-state index in [0.717, 1.165) is 4.47 Å². The molecule has 6 aromatic rings. The molecule has 5 aromatic carbocycles. The molecule has 142 valence electrons. The van der Waals surface area contributed by atoms with Crippen molar-refractivity contribution in [1.82, 2.24) is 4.57 Å². The summed E-state index contributed by atoms with van der Waals surface area (Å²) in [7, 11) is 0. The van der Waals surface area contributed by atoms with Crippen molar-refractivity contribution in [2.24, 2.45) is 0 Å². The molecular formula is C28H18BrN. The van der Waals surface area contributed by atoms with Gasteiger partial charge in [-0.15, -0.1) is 0 Å². The maximum atomic E-state index is 3.70. The first kappa shape index (κ1) is 17.5. The molecule has 2 heteroatoms. The van der Waals surface area contributed by atoms with Gasteiger partial charge in [0.25, 0.3) is 0 Å². The third-order valence-corrected chi connectivity index (χ3v) is 6.56. The first-order valence-corrected chi connectivity index (χ1v) is 10.9. The van der Waals surface area contributed by atoms with Crippen LogP contribution >= 0.6 is 15.9 Å². The van der Waals surface area contributed by atoms with Gasteiger partial charge in [-0.2, -0.15) is 0 Å². The molecule has 0 spiro atoms. The van der Waals surface area contributed by atoms with Gasteiger partial charge in [0, 0.05) is 20.9 Å². The van der Waals surface area contributed by atoms with Crippen LogP contribution in [-0.4, -0.2) is 4.57 Å². The second-order valence-electron chi connectivity index (χ2n) is 7.56. The van der Waals surface area contributed by atoms with Gasteiger partial charge in [-0.3, -0.25) is 0 Å². The minimum atomic E-state index is 1.13. The molecule has 30 heavy (non-hydrogen) atoms. The van der Waals surface area contributed by atoms with Gasteiger partial charge >= 0.3 is 0 Å². The Morgan fingerprint density at radius 3 is 2.00 bits per heavy atom. The van der Waals surface area contributed by atoms with Crippen LogP contribution in [0.3, 0.4) is 0 Å². The van der Waals surface area contributed by atoms with E-state index >= 15 is 0 Å². The first-order chi connectivity index (χ1) is 14.8. The Bertz CT molecular complexity index is 1540. The standard InChI is InChI=1S/C28H18BrN/c29-26-16-15-21(22-10-4-5-11-23(22)26)19-14-17-28-25(18-19)24-12-6-7-13-27(24)30(28)20-8-2-1-3-9-20/h1-18H. The fourth-order valence-electron chi connectivity index (χ4n) is 4.51. The fourth-order valence-corrected chi connectivity index (χ4v) is 4.99. The summed E-state index contributed by atoms with van der Waals surface area (Å²) in [6, 6.07) is 39.0. The van der Waals surface area contributed by atoms with E-state index in [0.29, 0.717) is 0 Å². The van der Waals surface area contributed by atoms with Gasteiger partial charge in [-0.05, 0) is 58.3 Å². The predicted molar refractivity (Wildman–Crippen MR) is 131 cm³/mol. The Balaban J connectivity index is 1.68. The normalized spacial score (nSPS) is 11.5. The van der Waals surface area contributed by atoms with Crippen LogP contribution in [0.25, 0.3) is 49.4 Å². The lowest BCUT2D eigenvalue weighted by molar-refractivity contribution is 1.18. The molecule has 1 heterocycles. The van der Waals surface area contributed by atoms with Crippen LogP contribution < -0.4 is 0 Å². The van der Waals surface area contributed by atoms with Crippen molar-refractivity contribution in [2.45, 2.75) is 0 Å². The molecule has 0 N–H and O–H groups in total. The zero-order valence-corrected chi connectivity index (χ0v) is 17.8. The molecular weight excluding hydrogens is 430 g/mol. The van der Waals surface area contributed by atoms with Crippen molar-refractivity contribution in [3.8, 4) is 16.8 Å². The van der Waals surface area contributed by atoms with Gasteiger partial charge in [0.05, 0.1) is 11.0 Å². The Morgan fingerprint density at radius 2 is 1.17 bits per heavy atom. The molecule has 0 atom stereocenters. The molecule has 0 bridgehead atoms.